The molecule has 0 saturated heterocycles. The van der Waals surface area contributed by atoms with Crippen molar-refractivity contribution in [3.8, 4) is 0 Å². The lowest BCUT2D eigenvalue weighted by molar-refractivity contribution is 0.526. The monoisotopic (exact) mass is 321 g/mol. The molecule has 2 heterocycles. The molecule has 92 valence electrons. The van der Waals surface area contributed by atoms with Crippen molar-refractivity contribution in [2.45, 2.75) is 13.0 Å². The first-order valence-electron chi connectivity index (χ1n) is 5.65. The fraction of sp³-hybridized carbons (Fsp3) is 0.143. The maximum absolute atomic E-state index is 6.24. The predicted molar refractivity (Wildman–Crippen MR) is 79.0 cm³/mol. The Balaban J connectivity index is 2.06. The molecular weight excluding hydrogens is 310 g/mol. The molecule has 0 amide bonds. The summed E-state index contributed by atoms with van der Waals surface area (Å²) in [4.78, 5) is 2.39. The maximum Gasteiger partial charge on any atom is 0.148 e. The van der Waals surface area contributed by atoms with Gasteiger partial charge in [0.05, 0.1) is 10.5 Å². The molecule has 3 rings (SSSR count). The minimum absolute atomic E-state index is 0.192. The summed E-state index contributed by atoms with van der Waals surface area (Å²) in [6, 6.07) is 12.0. The Bertz CT molecular complexity index is 701. The van der Waals surface area contributed by atoms with Gasteiger partial charge in [-0.05, 0) is 47.1 Å². The predicted octanol–water partition coefficient (Wildman–Crippen LogP) is 4.61. The molecule has 2 aromatic heterocycles. The van der Waals surface area contributed by atoms with Crippen LogP contribution in [-0.4, -0.2) is 0 Å². The van der Waals surface area contributed by atoms with Crippen molar-refractivity contribution in [3.63, 3.8) is 0 Å². The van der Waals surface area contributed by atoms with Gasteiger partial charge in [0.2, 0.25) is 0 Å². The average Bonchev–Trinajstić information content (AvgIpc) is 2.95. The van der Waals surface area contributed by atoms with E-state index in [1.165, 1.54) is 4.88 Å². The van der Waals surface area contributed by atoms with Crippen LogP contribution in [0.15, 0.2) is 45.3 Å². The molecule has 3 aromatic rings. The van der Waals surface area contributed by atoms with E-state index in [9.17, 15) is 0 Å². The van der Waals surface area contributed by atoms with Crippen molar-refractivity contribution in [1.29, 1.82) is 0 Å². The summed E-state index contributed by atoms with van der Waals surface area (Å²) in [6.45, 7) is 2.08. The van der Waals surface area contributed by atoms with Crippen LogP contribution < -0.4 is 5.73 Å². The van der Waals surface area contributed by atoms with E-state index in [0.717, 1.165) is 26.1 Å². The number of fused-ring (bicyclic) bond motifs is 1. The largest absolute Gasteiger partial charge is 0.458 e. The van der Waals surface area contributed by atoms with Crippen LogP contribution in [0.3, 0.4) is 0 Å². The van der Waals surface area contributed by atoms with Gasteiger partial charge in [-0.2, -0.15) is 0 Å². The lowest BCUT2D eigenvalue weighted by Gasteiger charge is -2.04. The zero-order valence-corrected chi connectivity index (χ0v) is 12.2. The third-order valence-electron chi connectivity index (χ3n) is 2.89. The summed E-state index contributed by atoms with van der Waals surface area (Å²) in [5, 5.41) is 1.07. The Kier molecular flexibility index (Phi) is 3.01. The third kappa shape index (κ3) is 2.00. The molecule has 4 heteroatoms. The van der Waals surface area contributed by atoms with Crippen LogP contribution in [0.1, 0.15) is 21.6 Å². The molecule has 2 nitrogen and oxygen atoms in total. The van der Waals surface area contributed by atoms with Gasteiger partial charge in [0.1, 0.15) is 11.3 Å². The van der Waals surface area contributed by atoms with Crippen LogP contribution in [0.4, 0.5) is 0 Å². The van der Waals surface area contributed by atoms with Crippen LogP contribution in [0.25, 0.3) is 11.0 Å². The van der Waals surface area contributed by atoms with Gasteiger partial charge in [-0.25, -0.2) is 0 Å². The van der Waals surface area contributed by atoms with E-state index < -0.39 is 0 Å². The number of nitrogens with two attached hydrogens (primary N) is 1. The first-order chi connectivity index (χ1) is 8.65. The van der Waals surface area contributed by atoms with Crippen LogP contribution in [0.2, 0.25) is 0 Å². The molecule has 0 saturated carbocycles. The molecule has 0 aliphatic carbocycles. The van der Waals surface area contributed by atoms with Crippen molar-refractivity contribution < 1.29 is 4.42 Å². The highest BCUT2D eigenvalue weighted by Gasteiger charge is 2.16. The van der Waals surface area contributed by atoms with Gasteiger partial charge in [0.25, 0.3) is 0 Å². The zero-order chi connectivity index (χ0) is 12.7. The molecule has 1 aromatic carbocycles. The highest BCUT2D eigenvalue weighted by atomic mass is 79.9. The molecular formula is C14H12BrNOS. The van der Waals surface area contributed by atoms with Crippen molar-refractivity contribution in [1.82, 2.24) is 0 Å². The molecule has 0 radical (unpaired) electrons. The Labute approximate surface area is 118 Å². The summed E-state index contributed by atoms with van der Waals surface area (Å²) >= 11 is 5.20. The number of thiophene rings is 1. The summed E-state index contributed by atoms with van der Waals surface area (Å²) < 4.78 is 6.82. The minimum atomic E-state index is -0.192. The fourth-order valence-electron chi connectivity index (χ4n) is 1.96. The summed E-state index contributed by atoms with van der Waals surface area (Å²) in [5.74, 6) is 0.804. The lowest BCUT2D eigenvalue weighted by atomic mass is 10.2. The molecule has 0 aliphatic rings. The molecule has 2 N–H and O–H groups in total. The van der Waals surface area contributed by atoms with E-state index in [1.54, 1.807) is 11.3 Å². The topological polar surface area (TPSA) is 39.2 Å². The SMILES string of the molecule is Cc1ccc(C(N)c2cc3cccc(Br)c3o2)s1. The summed E-state index contributed by atoms with van der Waals surface area (Å²) in [5.41, 5.74) is 7.10. The first kappa shape index (κ1) is 12.0. The van der Waals surface area contributed by atoms with Gasteiger partial charge in [0, 0.05) is 15.1 Å². The Morgan fingerprint density at radius 1 is 1.28 bits per heavy atom. The zero-order valence-electron chi connectivity index (χ0n) is 9.81. The van der Waals surface area contributed by atoms with Gasteiger partial charge in [0.15, 0.2) is 0 Å². The lowest BCUT2D eigenvalue weighted by Crippen LogP contribution is -2.08. The van der Waals surface area contributed by atoms with E-state index in [4.69, 9.17) is 10.2 Å². The Hall–Kier alpha value is -1.10. The summed E-state index contributed by atoms with van der Waals surface area (Å²) in [7, 11) is 0. The van der Waals surface area contributed by atoms with Gasteiger partial charge in [-0.1, -0.05) is 12.1 Å². The van der Waals surface area contributed by atoms with Crippen LogP contribution in [0, 0.1) is 6.92 Å². The van der Waals surface area contributed by atoms with Gasteiger partial charge in [-0.3, -0.25) is 0 Å². The van der Waals surface area contributed by atoms with Gasteiger partial charge in [-0.15, -0.1) is 11.3 Å². The Morgan fingerprint density at radius 2 is 2.11 bits per heavy atom. The van der Waals surface area contributed by atoms with E-state index in [2.05, 4.69) is 35.0 Å². The van der Waals surface area contributed by atoms with Crippen LogP contribution >= 0.6 is 27.3 Å². The minimum Gasteiger partial charge on any atom is -0.458 e. The molecule has 18 heavy (non-hydrogen) atoms. The molecule has 0 spiro atoms. The normalized spacial score (nSPS) is 13.1. The van der Waals surface area contributed by atoms with Crippen molar-refractivity contribution in [2.75, 3.05) is 0 Å². The number of halogens is 1. The maximum atomic E-state index is 6.24. The number of furan rings is 1. The highest BCUT2D eigenvalue weighted by molar-refractivity contribution is 9.10. The third-order valence-corrected chi connectivity index (χ3v) is 4.60. The van der Waals surface area contributed by atoms with Crippen molar-refractivity contribution >= 4 is 38.2 Å². The summed E-state index contributed by atoms with van der Waals surface area (Å²) in [6.07, 6.45) is 0. The number of aryl methyl sites for hydroxylation is 1. The van der Waals surface area contributed by atoms with E-state index in [-0.39, 0.29) is 6.04 Å². The first-order valence-corrected chi connectivity index (χ1v) is 7.26. The smallest absolute Gasteiger partial charge is 0.148 e. The standard InChI is InChI=1S/C14H12BrNOS/c1-8-5-6-12(18-8)13(16)11-7-9-3-2-4-10(15)14(9)17-11/h2-7,13H,16H2,1H3. The van der Waals surface area contributed by atoms with Crippen LogP contribution in [0.5, 0.6) is 0 Å². The van der Waals surface area contributed by atoms with E-state index in [0.29, 0.717) is 0 Å². The molecule has 0 fully saturated rings. The second kappa shape index (κ2) is 4.53. The number of benzene rings is 1. The van der Waals surface area contributed by atoms with E-state index >= 15 is 0 Å². The Morgan fingerprint density at radius 3 is 2.78 bits per heavy atom. The molecule has 1 atom stereocenters. The van der Waals surface area contributed by atoms with E-state index in [1.807, 2.05) is 24.3 Å². The quantitative estimate of drug-likeness (QED) is 0.748. The fourth-order valence-corrected chi connectivity index (χ4v) is 3.31. The number of rotatable bonds is 2. The molecule has 0 aliphatic heterocycles. The number of hydrogen-bond donors (Lipinski definition) is 1. The highest BCUT2D eigenvalue weighted by Crippen LogP contribution is 2.33. The second-order valence-corrected chi connectivity index (χ2v) is 6.41. The van der Waals surface area contributed by atoms with Gasteiger partial charge < -0.3 is 10.2 Å². The van der Waals surface area contributed by atoms with Crippen molar-refractivity contribution in [3.05, 3.63) is 56.4 Å². The molecule has 0 bridgehead atoms. The second-order valence-electron chi connectivity index (χ2n) is 4.23. The average molecular weight is 322 g/mol. The van der Waals surface area contributed by atoms with Crippen LogP contribution in [-0.2, 0) is 0 Å². The van der Waals surface area contributed by atoms with Crippen molar-refractivity contribution in [2.24, 2.45) is 5.73 Å². The molecule has 1 unspecified atom stereocenters. The number of hydrogen-bond acceptors (Lipinski definition) is 3. The number of para-hydroxylation sites is 1. The van der Waals surface area contributed by atoms with Gasteiger partial charge >= 0.3 is 0 Å².